The molecule has 226 valence electrons. The Morgan fingerprint density at radius 3 is 2.51 bits per heavy atom. The molecule has 0 unspecified atom stereocenters. The van der Waals surface area contributed by atoms with Crippen molar-refractivity contribution in [3.05, 3.63) is 101 Å². The summed E-state index contributed by atoms with van der Waals surface area (Å²) in [4.78, 5) is 24.5. The lowest BCUT2D eigenvalue weighted by molar-refractivity contribution is -0.136. The predicted molar refractivity (Wildman–Crippen MR) is 156 cm³/mol. The molecule has 0 bridgehead atoms. The number of amides is 2. The molecule has 1 heterocycles. The van der Waals surface area contributed by atoms with Gasteiger partial charge in [-0.15, -0.1) is 0 Å². The second-order valence-corrected chi connectivity index (χ2v) is 9.40. The number of hydrogen-bond donors (Lipinski definition) is 4. The van der Waals surface area contributed by atoms with Gasteiger partial charge in [0.15, 0.2) is 17.7 Å². The van der Waals surface area contributed by atoms with E-state index in [-0.39, 0.29) is 18.0 Å². The Hall–Kier alpha value is -5.10. The molecule has 0 saturated heterocycles. The van der Waals surface area contributed by atoms with Crippen molar-refractivity contribution < 1.29 is 38.0 Å². The minimum atomic E-state index is -1.14. The van der Waals surface area contributed by atoms with Gasteiger partial charge in [-0.05, 0) is 79.1 Å². The number of hydrazone groups is 1. The smallest absolute Gasteiger partial charge is 0.337 e. The number of carbonyl (C=O) groups excluding carboxylic acids is 2. The molecule has 0 saturated carbocycles. The van der Waals surface area contributed by atoms with Crippen LogP contribution in [0.25, 0.3) is 0 Å². The van der Waals surface area contributed by atoms with Crippen LogP contribution in [0.4, 0.5) is 9.18 Å². The molecule has 1 aliphatic rings. The monoisotopic (exact) mass is 592 g/mol. The van der Waals surface area contributed by atoms with Gasteiger partial charge in [0.05, 0.1) is 31.5 Å². The maximum Gasteiger partial charge on any atom is 0.337 e. The minimum Gasteiger partial charge on any atom is -0.490 e. The summed E-state index contributed by atoms with van der Waals surface area (Å²) < 4.78 is 35.1. The molecule has 1 aliphatic heterocycles. The molecule has 12 heteroatoms. The van der Waals surface area contributed by atoms with Crippen molar-refractivity contribution in [1.29, 1.82) is 0 Å². The number of nitrogens with zero attached hydrogens (tertiary/aromatic N) is 1. The fourth-order valence-electron chi connectivity index (χ4n) is 4.22. The number of urea groups is 1. The molecular formula is C31H33FN4O7. The molecule has 4 rings (SSSR count). The Balaban J connectivity index is 1.32. The first-order valence-electron chi connectivity index (χ1n) is 13.5. The van der Waals surface area contributed by atoms with Crippen LogP contribution < -0.4 is 30.3 Å². The molecule has 43 heavy (non-hydrogen) atoms. The molecule has 11 nitrogen and oxygen atoms in total. The number of benzene rings is 3. The highest BCUT2D eigenvalue weighted by atomic mass is 19.1. The van der Waals surface area contributed by atoms with E-state index in [1.54, 1.807) is 61.5 Å². The van der Waals surface area contributed by atoms with Gasteiger partial charge in [-0.3, -0.25) is 5.43 Å². The van der Waals surface area contributed by atoms with E-state index >= 15 is 0 Å². The molecule has 0 aromatic heterocycles. The Morgan fingerprint density at radius 2 is 1.81 bits per heavy atom. The third kappa shape index (κ3) is 8.46. The Labute approximate surface area is 248 Å². The Morgan fingerprint density at radius 1 is 1.07 bits per heavy atom. The van der Waals surface area contributed by atoms with Crippen molar-refractivity contribution in [3.8, 4) is 17.2 Å². The highest BCUT2D eigenvalue weighted by Gasteiger charge is 2.32. The molecular weight excluding hydrogens is 559 g/mol. The molecule has 3 aromatic rings. The van der Waals surface area contributed by atoms with Crippen LogP contribution in [-0.2, 0) is 16.1 Å². The lowest BCUT2D eigenvalue weighted by Crippen LogP contribution is -2.45. The van der Waals surface area contributed by atoms with Gasteiger partial charge >= 0.3 is 12.0 Å². The van der Waals surface area contributed by atoms with E-state index in [1.807, 2.05) is 6.92 Å². The summed E-state index contributed by atoms with van der Waals surface area (Å²) >= 11 is 0. The number of hydrogen-bond acceptors (Lipinski definition) is 9. The quantitative estimate of drug-likeness (QED) is 0.101. The fourth-order valence-corrected chi connectivity index (χ4v) is 4.22. The van der Waals surface area contributed by atoms with Gasteiger partial charge in [0.1, 0.15) is 24.8 Å². The van der Waals surface area contributed by atoms with Crippen LogP contribution in [0.1, 0.15) is 36.6 Å². The van der Waals surface area contributed by atoms with Crippen molar-refractivity contribution in [2.24, 2.45) is 5.10 Å². The van der Waals surface area contributed by atoms with E-state index in [4.69, 9.17) is 18.9 Å². The number of aliphatic hydroxyl groups is 1. The molecule has 0 radical (unpaired) electrons. The SMILES string of the molecule is CCOc1cc([C@H]2NC(=O)NC(C)=C2C(=O)OC)ccc1OC[C@H](O)N/N=C\c1ccc(OCc2ccc(F)cc2)cc1. The summed E-state index contributed by atoms with van der Waals surface area (Å²) in [5.41, 5.74) is 5.46. The number of aliphatic hydroxyl groups excluding tert-OH is 1. The van der Waals surface area contributed by atoms with Crippen LogP contribution in [-0.4, -0.2) is 49.9 Å². The van der Waals surface area contributed by atoms with E-state index < -0.39 is 24.3 Å². The van der Waals surface area contributed by atoms with E-state index in [9.17, 15) is 19.1 Å². The average Bonchev–Trinajstić information content (AvgIpc) is 3.00. The van der Waals surface area contributed by atoms with Gasteiger partial charge in [-0.25, -0.2) is 14.0 Å². The van der Waals surface area contributed by atoms with Crippen LogP contribution in [0.5, 0.6) is 17.2 Å². The third-order valence-electron chi connectivity index (χ3n) is 6.31. The van der Waals surface area contributed by atoms with Gasteiger partial charge in [0.25, 0.3) is 0 Å². The predicted octanol–water partition coefficient (Wildman–Crippen LogP) is 3.93. The van der Waals surface area contributed by atoms with Crippen molar-refractivity contribution in [2.45, 2.75) is 32.7 Å². The summed E-state index contributed by atoms with van der Waals surface area (Å²) in [6, 6.07) is 17.1. The number of esters is 1. The van der Waals surface area contributed by atoms with E-state index in [2.05, 4.69) is 21.2 Å². The lowest BCUT2D eigenvalue weighted by atomic mass is 9.95. The van der Waals surface area contributed by atoms with Crippen LogP contribution in [0, 0.1) is 5.82 Å². The lowest BCUT2D eigenvalue weighted by Gasteiger charge is -2.28. The Bertz CT molecular complexity index is 1480. The average molecular weight is 593 g/mol. The zero-order valence-corrected chi connectivity index (χ0v) is 23.9. The van der Waals surface area contributed by atoms with Gasteiger partial charge in [0, 0.05) is 5.70 Å². The van der Waals surface area contributed by atoms with Crippen molar-refractivity contribution in [2.75, 3.05) is 20.3 Å². The first-order valence-corrected chi connectivity index (χ1v) is 13.5. The zero-order valence-electron chi connectivity index (χ0n) is 23.9. The van der Waals surface area contributed by atoms with E-state index in [1.165, 1.54) is 25.5 Å². The first kappa shape index (κ1) is 30.8. The van der Waals surface area contributed by atoms with E-state index in [0.29, 0.717) is 41.7 Å². The normalized spacial score (nSPS) is 15.4. The van der Waals surface area contributed by atoms with Gasteiger partial charge in [-0.2, -0.15) is 5.10 Å². The minimum absolute atomic E-state index is 0.149. The van der Waals surface area contributed by atoms with Crippen molar-refractivity contribution in [3.63, 3.8) is 0 Å². The molecule has 0 aliphatic carbocycles. The summed E-state index contributed by atoms with van der Waals surface area (Å²) in [5, 5.41) is 19.7. The largest absolute Gasteiger partial charge is 0.490 e. The maximum atomic E-state index is 13.0. The number of allylic oxidation sites excluding steroid dienone is 1. The van der Waals surface area contributed by atoms with Crippen molar-refractivity contribution in [1.82, 2.24) is 16.1 Å². The molecule has 0 fully saturated rings. The van der Waals surface area contributed by atoms with Crippen LogP contribution in [0.15, 0.2) is 83.1 Å². The highest BCUT2D eigenvalue weighted by Crippen LogP contribution is 2.35. The summed E-state index contributed by atoms with van der Waals surface area (Å²) in [6.07, 6.45) is 0.402. The van der Waals surface area contributed by atoms with E-state index in [0.717, 1.165) is 11.1 Å². The third-order valence-corrected chi connectivity index (χ3v) is 6.31. The standard InChI is InChI=1S/C31H33FN4O7/c1-4-41-26-15-22(29-28(30(38)40-3)19(2)34-31(39)35-29)9-14-25(26)43-18-27(37)36-33-16-20-7-12-24(13-8-20)42-17-21-5-10-23(32)11-6-21/h5-16,27,29,36-37H,4,17-18H2,1-3H3,(H2,34,35,39)/b33-16-/t27-,29+/m0/s1. The number of halogens is 1. The number of rotatable bonds is 13. The topological polar surface area (TPSA) is 140 Å². The van der Waals surface area contributed by atoms with Crippen molar-refractivity contribution >= 4 is 18.2 Å². The summed E-state index contributed by atoms with van der Waals surface area (Å²) in [5.74, 6) is 0.499. The molecule has 3 aromatic carbocycles. The van der Waals surface area contributed by atoms with Gasteiger partial charge < -0.3 is 34.7 Å². The van der Waals surface area contributed by atoms with Crippen LogP contribution in [0.2, 0.25) is 0 Å². The van der Waals surface area contributed by atoms with Crippen LogP contribution >= 0.6 is 0 Å². The first-order chi connectivity index (χ1) is 20.8. The molecule has 2 atom stereocenters. The fraction of sp³-hybridized carbons (Fsp3) is 0.258. The summed E-state index contributed by atoms with van der Waals surface area (Å²) in [6.45, 7) is 3.93. The summed E-state index contributed by atoms with van der Waals surface area (Å²) in [7, 11) is 1.27. The number of carbonyl (C=O) groups is 2. The molecule has 4 N–H and O–H groups in total. The number of ether oxygens (including phenoxy) is 4. The second-order valence-electron chi connectivity index (χ2n) is 9.40. The number of nitrogens with one attached hydrogen (secondary N) is 3. The van der Waals surface area contributed by atoms with Gasteiger partial charge in [0.2, 0.25) is 0 Å². The Kier molecular flexibility index (Phi) is 10.5. The second kappa shape index (κ2) is 14.7. The number of methoxy groups -OCH3 is 1. The maximum absolute atomic E-state index is 13.0. The highest BCUT2D eigenvalue weighted by molar-refractivity contribution is 5.95. The molecule has 2 amide bonds. The van der Waals surface area contributed by atoms with Crippen LogP contribution in [0.3, 0.4) is 0 Å². The zero-order chi connectivity index (χ0) is 30.8. The molecule has 0 spiro atoms. The van der Waals surface area contributed by atoms with Gasteiger partial charge in [-0.1, -0.05) is 18.2 Å².